The Labute approximate surface area is 58.7 Å². The second-order valence-corrected chi connectivity index (χ2v) is 2.80. The molecule has 0 saturated carbocycles. The van der Waals surface area contributed by atoms with Crippen molar-refractivity contribution in [1.82, 2.24) is 8.86 Å². The van der Waals surface area contributed by atoms with Crippen molar-refractivity contribution in [2.75, 3.05) is 0 Å². The fraction of sp³-hybridized carbons (Fsp3) is 0.800. The van der Waals surface area contributed by atoms with Crippen LogP contribution in [0.2, 0.25) is 0 Å². The van der Waals surface area contributed by atoms with E-state index in [0.717, 1.165) is 5.82 Å². The quantitative estimate of drug-likeness (QED) is 0.537. The van der Waals surface area contributed by atoms with Crippen LogP contribution in [0.15, 0.2) is 0 Å². The van der Waals surface area contributed by atoms with Gasteiger partial charge in [0.2, 0.25) is 11.7 Å². The lowest BCUT2D eigenvalue weighted by Crippen LogP contribution is -2.34. The highest BCUT2D eigenvalue weighted by Gasteiger charge is 2.16. The van der Waals surface area contributed by atoms with Gasteiger partial charge in [-0.1, -0.05) is 13.8 Å². The van der Waals surface area contributed by atoms with Crippen LogP contribution in [0.1, 0.15) is 25.6 Å². The Morgan fingerprint density at radius 2 is 2.22 bits per heavy atom. The Bertz CT molecular complexity index is 194. The first-order chi connectivity index (χ1) is 4.22. The molecule has 0 amide bonds. The lowest BCUT2D eigenvalue weighted by atomic mass is 10.2. The third kappa shape index (κ3) is 1.24. The second-order valence-electron chi connectivity index (χ2n) is 2.29. The van der Waals surface area contributed by atoms with Crippen molar-refractivity contribution < 1.29 is 4.68 Å². The van der Waals surface area contributed by atoms with Gasteiger partial charge in [0.25, 0.3) is 0 Å². The van der Waals surface area contributed by atoms with Crippen LogP contribution in [0, 0.1) is 0 Å². The van der Waals surface area contributed by atoms with Crippen LogP contribution in [-0.4, -0.2) is 8.86 Å². The summed E-state index contributed by atoms with van der Waals surface area (Å²) < 4.78 is 9.91. The Kier molecular flexibility index (Phi) is 1.75. The van der Waals surface area contributed by atoms with E-state index in [-0.39, 0.29) is 0 Å². The number of rotatable bonds is 1. The highest BCUT2D eigenvalue weighted by Crippen LogP contribution is 2.04. The zero-order valence-electron chi connectivity index (χ0n) is 5.83. The van der Waals surface area contributed by atoms with Crippen LogP contribution in [0.5, 0.6) is 0 Å². The minimum Gasteiger partial charge on any atom is -0.122 e. The predicted octanol–water partition coefficient (Wildman–Crippen LogP) is 0.486. The summed E-state index contributed by atoms with van der Waals surface area (Å²) in [6.07, 6.45) is 0. The molecule has 0 saturated heterocycles. The number of hydrogen-bond donors (Lipinski definition) is 0. The van der Waals surface area contributed by atoms with Crippen LogP contribution in [-0.2, 0) is 7.05 Å². The number of aryl methyl sites for hydroxylation is 1. The molecule has 1 aromatic heterocycles. The van der Waals surface area contributed by atoms with E-state index in [1.54, 1.807) is 0 Å². The average molecular weight is 144 g/mol. The molecule has 0 N–H and O–H groups in total. The third-order valence-corrected chi connectivity index (χ3v) is 1.73. The first-order valence-corrected chi connectivity index (χ1v) is 3.63. The summed E-state index contributed by atoms with van der Waals surface area (Å²) in [5, 5.41) is 0. The zero-order chi connectivity index (χ0) is 6.85. The molecule has 0 radical (unpaired) electrons. The molecule has 0 aliphatic carbocycles. The summed E-state index contributed by atoms with van der Waals surface area (Å²) in [7, 11) is 1.92. The highest BCUT2D eigenvalue weighted by atomic mass is 32.1. The molecule has 0 atom stereocenters. The Hall–Kier alpha value is -0.510. The van der Waals surface area contributed by atoms with Gasteiger partial charge in [0.05, 0.1) is 5.92 Å². The van der Waals surface area contributed by atoms with E-state index in [9.17, 15) is 0 Å². The van der Waals surface area contributed by atoms with Gasteiger partial charge in [-0.05, 0) is 0 Å². The molecule has 0 bridgehead atoms. The van der Waals surface area contributed by atoms with Gasteiger partial charge in [0.15, 0.2) is 0 Å². The van der Waals surface area contributed by atoms with Crippen LogP contribution >= 0.6 is 11.7 Å². The second kappa shape index (κ2) is 2.39. The van der Waals surface area contributed by atoms with Gasteiger partial charge in [-0.3, -0.25) is 0 Å². The summed E-state index contributed by atoms with van der Waals surface area (Å²) in [4.78, 5) is 0. The molecule has 1 heterocycles. The van der Waals surface area contributed by atoms with E-state index >= 15 is 0 Å². The molecule has 0 unspecified atom stereocenters. The van der Waals surface area contributed by atoms with E-state index < -0.39 is 0 Å². The maximum Gasteiger partial charge on any atom is 0.338 e. The Balaban J connectivity index is 2.94. The molecule has 0 aliphatic rings. The maximum atomic E-state index is 4.11. The monoisotopic (exact) mass is 144 g/mol. The summed E-state index contributed by atoms with van der Waals surface area (Å²) in [5.41, 5.74) is 0. The molecule has 0 aromatic carbocycles. The van der Waals surface area contributed by atoms with Crippen molar-refractivity contribution in [3.63, 3.8) is 0 Å². The van der Waals surface area contributed by atoms with Crippen molar-refractivity contribution in [3.8, 4) is 0 Å². The molecule has 3 nitrogen and oxygen atoms in total. The van der Waals surface area contributed by atoms with E-state index in [1.807, 2.05) is 11.7 Å². The minimum absolute atomic E-state index is 0.480. The number of hydrogen-bond acceptors (Lipinski definition) is 3. The summed E-state index contributed by atoms with van der Waals surface area (Å²) in [6.45, 7) is 4.22. The fourth-order valence-electron chi connectivity index (χ4n) is 0.695. The first kappa shape index (κ1) is 6.61. The van der Waals surface area contributed by atoms with E-state index in [0.29, 0.717) is 5.92 Å². The molecule has 0 fully saturated rings. The van der Waals surface area contributed by atoms with Gasteiger partial charge in [-0.15, -0.1) is 4.68 Å². The molecule has 0 spiro atoms. The molecular formula is C5H10N3S+. The standard InChI is InChI=1S/C5H10N3S/c1-4(2)5-6-9-7-8(5)3/h4H,1-3H3/q+1. The molecule has 0 aliphatic heterocycles. The molecule has 9 heavy (non-hydrogen) atoms. The predicted molar refractivity (Wildman–Crippen MR) is 35.2 cm³/mol. The average Bonchev–Trinajstić information content (AvgIpc) is 2.13. The molecular weight excluding hydrogens is 134 g/mol. The summed E-state index contributed by atoms with van der Waals surface area (Å²) >= 11 is 1.26. The molecule has 1 aromatic rings. The van der Waals surface area contributed by atoms with Gasteiger partial charge < -0.3 is 0 Å². The SMILES string of the molecule is CC(C)c1nsn[n+]1C. The van der Waals surface area contributed by atoms with Gasteiger partial charge >= 0.3 is 5.82 Å². The minimum atomic E-state index is 0.480. The summed E-state index contributed by atoms with van der Waals surface area (Å²) in [6, 6.07) is 0. The van der Waals surface area contributed by atoms with Crippen molar-refractivity contribution in [1.29, 1.82) is 0 Å². The van der Waals surface area contributed by atoms with Crippen molar-refractivity contribution >= 4 is 11.7 Å². The van der Waals surface area contributed by atoms with Gasteiger partial charge in [0, 0.05) is 8.86 Å². The lowest BCUT2D eigenvalue weighted by Gasteiger charge is -1.89. The number of nitrogens with zero attached hydrogens (tertiary/aromatic N) is 3. The normalized spacial score (nSPS) is 10.7. The highest BCUT2D eigenvalue weighted by molar-refractivity contribution is 6.98. The van der Waals surface area contributed by atoms with Crippen LogP contribution in [0.25, 0.3) is 0 Å². The fourth-order valence-corrected chi connectivity index (χ4v) is 1.34. The maximum absolute atomic E-state index is 4.11. The lowest BCUT2D eigenvalue weighted by molar-refractivity contribution is -0.732. The van der Waals surface area contributed by atoms with Crippen molar-refractivity contribution in [3.05, 3.63) is 5.82 Å². The van der Waals surface area contributed by atoms with Gasteiger partial charge in [0.1, 0.15) is 7.05 Å². The van der Waals surface area contributed by atoms with Crippen molar-refractivity contribution in [2.24, 2.45) is 7.05 Å². The topological polar surface area (TPSA) is 29.7 Å². The molecule has 50 valence electrons. The van der Waals surface area contributed by atoms with E-state index in [2.05, 4.69) is 22.7 Å². The smallest absolute Gasteiger partial charge is 0.122 e. The van der Waals surface area contributed by atoms with Gasteiger partial charge in [-0.2, -0.15) is 0 Å². The van der Waals surface area contributed by atoms with Crippen LogP contribution in [0.4, 0.5) is 0 Å². The first-order valence-electron chi connectivity index (χ1n) is 2.90. The third-order valence-electron chi connectivity index (χ3n) is 1.14. The zero-order valence-corrected chi connectivity index (χ0v) is 6.64. The van der Waals surface area contributed by atoms with Crippen molar-refractivity contribution in [2.45, 2.75) is 19.8 Å². The summed E-state index contributed by atoms with van der Waals surface area (Å²) in [5.74, 6) is 1.54. The van der Waals surface area contributed by atoms with E-state index in [4.69, 9.17) is 0 Å². The molecule has 4 heteroatoms. The molecule has 1 rings (SSSR count). The number of aromatic nitrogens is 3. The van der Waals surface area contributed by atoms with Crippen LogP contribution in [0.3, 0.4) is 0 Å². The van der Waals surface area contributed by atoms with E-state index in [1.165, 1.54) is 11.7 Å². The van der Waals surface area contributed by atoms with Gasteiger partial charge in [-0.25, -0.2) is 0 Å². The largest absolute Gasteiger partial charge is 0.338 e. The Morgan fingerprint density at radius 1 is 1.56 bits per heavy atom. The van der Waals surface area contributed by atoms with Crippen LogP contribution < -0.4 is 4.68 Å². The Morgan fingerprint density at radius 3 is 2.44 bits per heavy atom.